The number of rotatable bonds is 6. The normalized spacial score (nSPS) is 10.6. The summed E-state index contributed by atoms with van der Waals surface area (Å²) in [6.07, 6.45) is 0. The van der Waals surface area contributed by atoms with Gasteiger partial charge in [-0.2, -0.15) is 0 Å². The summed E-state index contributed by atoms with van der Waals surface area (Å²) in [6.45, 7) is 4.47. The molecule has 0 aliphatic heterocycles. The molecule has 30 heavy (non-hydrogen) atoms. The van der Waals surface area contributed by atoms with Crippen LogP contribution in [0.25, 0.3) is 22.9 Å². The van der Waals surface area contributed by atoms with E-state index in [4.69, 9.17) is 9.15 Å². The van der Waals surface area contributed by atoms with Gasteiger partial charge < -0.3 is 14.5 Å². The quantitative estimate of drug-likeness (QED) is 0.472. The van der Waals surface area contributed by atoms with Crippen LogP contribution in [0, 0.1) is 6.92 Å². The van der Waals surface area contributed by atoms with E-state index in [0.717, 1.165) is 16.7 Å². The molecule has 150 valence electrons. The lowest BCUT2D eigenvalue weighted by atomic mass is 10.1. The van der Waals surface area contributed by atoms with E-state index in [1.807, 2.05) is 56.3 Å². The van der Waals surface area contributed by atoms with Crippen LogP contribution in [0.3, 0.4) is 0 Å². The second-order valence-electron chi connectivity index (χ2n) is 6.77. The molecule has 1 aromatic heterocycles. The number of anilines is 1. The summed E-state index contributed by atoms with van der Waals surface area (Å²) in [4.78, 5) is 12.5. The second kappa shape index (κ2) is 8.61. The standard InChI is InChI=1S/C24H21N3O3/c1-3-29-21-9-5-7-18(15-21)22(28)25-20-12-10-17(11-13-20)23-26-27-24(30-23)19-8-4-6-16(2)14-19/h4-15H,3H2,1-2H3,(H,25,28). The highest BCUT2D eigenvalue weighted by molar-refractivity contribution is 6.04. The van der Waals surface area contributed by atoms with Crippen molar-refractivity contribution in [1.82, 2.24) is 10.2 Å². The Kier molecular flexibility index (Phi) is 5.57. The van der Waals surface area contributed by atoms with Crippen LogP contribution >= 0.6 is 0 Å². The van der Waals surface area contributed by atoms with Crippen LogP contribution in [0.15, 0.2) is 77.2 Å². The molecule has 1 N–H and O–H groups in total. The number of nitrogens with one attached hydrogen (secondary N) is 1. The Bertz CT molecular complexity index is 1170. The van der Waals surface area contributed by atoms with Crippen molar-refractivity contribution >= 4 is 11.6 Å². The second-order valence-corrected chi connectivity index (χ2v) is 6.77. The molecular formula is C24H21N3O3. The van der Waals surface area contributed by atoms with E-state index in [2.05, 4.69) is 15.5 Å². The van der Waals surface area contributed by atoms with Crippen LogP contribution in [0.1, 0.15) is 22.8 Å². The molecule has 6 heteroatoms. The first kappa shape index (κ1) is 19.4. The Labute approximate surface area is 174 Å². The van der Waals surface area contributed by atoms with E-state index in [1.54, 1.807) is 30.3 Å². The Morgan fingerprint density at radius 2 is 1.67 bits per heavy atom. The van der Waals surface area contributed by atoms with Gasteiger partial charge in [0.1, 0.15) is 5.75 Å². The van der Waals surface area contributed by atoms with E-state index in [-0.39, 0.29) is 5.91 Å². The molecule has 0 unspecified atom stereocenters. The van der Waals surface area contributed by atoms with Gasteiger partial charge >= 0.3 is 0 Å². The molecule has 4 aromatic rings. The molecule has 1 heterocycles. The lowest BCUT2D eigenvalue weighted by Crippen LogP contribution is -2.11. The molecule has 0 fully saturated rings. The van der Waals surface area contributed by atoms with Crippen molar-refractivity contribution in [2.24, 2.45) is 0 Å². The smallest absolute Gasteiger partial charge is 0.255 e. The average Bonchev–Trinajstić information content (AvgIpc) is 3.25. The number of carbonyl (C=O) groups is 1. The lowest BCUT2D eigenvalue weighted by Gasteiger charge is -2.08. The molecule has 6 nitrogen and oxygen atoms in total. The highest BCUT2D eigenvalue weighted by Crippen LogP contribution is 2.25. The number of ether oxygens (including phenoxy) is 1. The van der Waals surface area contributed by atoms with Crippen LogP contribution in [0.5, 0.6) is 5.75 Å². The third kappa shape index (κ3) is 4.38. The molecule has 0 saturated heterocycles. The zero-order valence-electron chi connectivity index (χ0n) is 16.8. The van der Waals surface area contributed by atoms with E-state index >= 15 is 0 Å². The van der Waals surface area contributed by atoms with Crippen molar-refractivity contribution in [2.45, 2.75) is 13.8 Å². The Balaban J connectivity index is 1.47. The molecule has 0 spiro atoms. The van der Waals surface area contributed by atoms with E-state index in [1.165, 1.54) is 0 Å². The van der Waals surface area contributed by atoms with Gasteiger partial charge in [0, 0.05) is 22.4 Å². The van der Waals surface area contributed by atoms with Crippen molar-refractivity contribution in [3.05, 3.63) is 83.9 Å². The van der Waals surface area contributed by atoms with Crippen molar-refractivity contribution in [1.29, 1.82) is 0 Å². The van der Waals surface area contributed by atoms with Gasteiger partial charge in [-0.1, -0.05) is 23.8 Å². The molecule has 3 aromatic carbocycles. The summed E-state index contributed by atoms with van der Waals surface area (Å²) in [5.74, 6) is 1.36. The van der Waals surface area contributed by atoms with Crippen molar-refractivity contribution in [3.63, 3.8) is 0 Å². The van der Waals surface area contributed by atoms with Crippen molar-refractivity contribution in [3.8, 4) is 28.7 Å². The van der Waals surface area contributed by atoms with E-state index in [9.17, 15) is 4.79 Å². The fraction of sp³-hybridized carbons (Fsp3) is 0.125. The Morgan fingerprint density at radius 3 is 2.40 bits per heavy atom. The zero-order valence-corrected chi connectivity index (χ0v) is 16.8. The van der Waals surface area contributed by atoms with Crippen LogP contribution < -0.4 is 10.1 Å². The summed E-state index contributed by atoms with van der Waals surface area (Å²) in [5, 5.41) is 11.2. The van der Waals surface area contributed by atoms with Gasteiger partial charge in [-0.3, -0.25) is 4.79 Å². The Morgan fingerprint density at radius 1 is 0.933 bits per heavy atom. The first-order valence-electron chi connectivity index (χ1n) is 9.67. The molecule has 1 amide bonds. The molecule has 0 bridgehead atoms. The van der Waals surface area contributed by atoms with Crippen LogP contribution in [0.2, 0.25) is 0 Å². The molecule has 0 saturated carbocycles. The molecule has 4 rings (SSSR count). The lowest BCUT2D eigenvalue weighted by molar-refractivity contribution is 0.102. The molecule has 0 radical (unpaired) electrons. The first-order chi connectivity index (χ1) is 14.6. The summed E-state index contributed by atoms with van der Waals surface area (Å²) in [7, 11) is 0. The van der Waals surface area contributed by atoms with Gasteiger partial charge in [0.05, 0.1) is 6.61 Å². The third-order valence-corrected chi connectivity index (χ3v) is 4.49. The number of hydrogen-bond acceptors (Lipinski definition) is 5. The van der Waals surface area contributed by atoms with Gasteiger partial charge in [-0.05, 0) is 68.4 Å². The number of amides is 1. The van der Waals surface area contributed by atoms with Crippen molar-refractivity contribution in [2.75, 3.05) is 11.9 Å². The highest BCUT2D eigenvalue weighted by Gasteiger charge is 2.12. The number of nitrogens with zero attached hydrogens (tertiary/aromatic N) is 2. The van der Waals surface area contributed by atoms with Gasteiger partial charge in [0.25, 0.3) is 5.91 Å². The van der Waals surface area contributed by atoms with Gasteiger partial charge in [-0.25, -0.2) is 0 Å². The molecule has 0 aliphatic rings. The molecular weight excluding hydrogens is 378 g/mol. The average molecular weight is 399 g/mol. The third-order valence-electron chi connectivity index (χ3n) is 4.49. The maximum absolute atomic E-state index is 12.5. The fourth-order valence-electron chi connectivity index (χ4n) is 3.03. The summed E-state index contributed by atoms with van der Waals surface area (Å²) in [6, 6.07) is 22.3. The molecule has 0 atom stereocenters. The van der Waals surface area contributed by atoms with Gasteiger partial charge in [0.2, 0.25) is 11.8 Å². The topological polar surface area (TPSA) is 77.2 Å². The van der Waals surface area contributed by atoms with Crippen LogP contribution in [0.4, 0.5) is 5.69 Å². The highest BCUT2D eigenvalue weighted by atomic mass is 16.5. The van der Waals surface area contributed by atoms with Crippen LogP contribution in [-0.4, -0.2) is 22.7 Å². The predicted molar refractivity (Wildman–Crippen MR) is 115 cm³/mol. The Hall–Kier alpha value is -3.93. The zero-order chi connectivity index (χ0) is 20.9. The molecule has 0 aliphatic carbocycles. The number of aromatic nitrogens is 2. The minimum absolute atomic E-state index is 0.205. The maximum atomic E-state index is 12.5. The number of aryl methyl sites for hydroxylation is 1. The summed E-state index contributed by atoms with van der Waals surface area (Å²) >= 11 is 0. The first-order valence-corrected chi connectivity index (χ1v) is 9.67. The summed E-state index contributed by atoms with van der Waals surface area (Å²) < 4.78 is 11.3. The minimum Gasteiger partial charge on any atom is -0.494 e. The SMILES string of the molecule is CCOc1cccc(C(=O)Nc2ccc(-c3nnc(-c4cccc(C)c4)o3)cc2)c1. The van der Waals surface area contributed by atoms with E-state index in [0.29, 0.717) is 35.4 Å². The van der Waals surface area contributed by atoms with Gasteiger partial charge in [0.15, 0.2) is 0 Å². The largest absolute Gasteiger partial charge is 0.494 e. The van der Waals surface area contributed by atoms with E-state index < -0.39 is 0 Å². The summed E-state index contributed by atoms with van der Waals surface area (Å²) in [5.41, 5.74) is 3.98. The maximum Gasteiger partial charge on any atom is 0.255 e. The fourth-order valence-corrected chi connectivity index (χ4v) is 3.03. The number of hydrogen-bond donors (Lipinski definition) is 1. The number of carbonyl (C=O) groups excluding carboxylic acids is 1. The van der Waals surface area contributed by atoms with Gasteiger partial charge in [-0.15, -0.1) is 10.2 Å². The minimum atomic E-state index is -0.205. The predicted octanol–water partition coefficient (Wildman–Crippen LogP) is 5.36. The van der Waals surface area contributed by atoms with Crippen molar-refractivity contribution < 1.29 is 13.9 Å². The van der Waals surface area contributed by atoms with Crippen LogP contribution in [-0.2, 0) is 0 Å². The monoisotopic (exact) mass is 399 g/mol. The number of benzene rings is 3.